The van der Waals surface area contributed by atoms with Crippen LogP contribution >= 0.6 is 15.9 Å². The number of aryl methyl sites for hydroxylation is 2. The van der Waals surface area contributed by atoms with Gasteiger partial charge >= 0.3 is 0 Å². The molecule has 0 aliphatic carbocycles. The van der Waals surface area contributed by atoms with Gasteiger partial charge in [-0.3, -0.25) is 0 Å². The topological polar surface area (TPSA) is 35.2 Å². The highest BCUT2D eigenvalue weighted by atomic mass is 79.9. The molecule has 2 nitrogen and oxygen atoms in total. The third kappa shape index (κ3) is 2.15. The fourth-order valence-corrected chi connectivity index (χ4v) is 2.21. The maximum Gasteiger partial charge on any atom is 0.113 e. The van der Waals surface area contributed by atoms with Crippen LogP contribution in [0.3, 0.4) is 0 Å². The normalized spacial score (nSPS) is 16.9. The van der Waals surface area contributed by atoms with Crippen molar-refractivity contribution in [2.45, 2.75) is 26.3 Å². The molecule has 0 amide bonds. The molecule has 2 N–H and O–H groups in total. The summed E-state index contributed by atoms with van der Waals surface area (Å²) in [6.07, 6.45) is 3.05. The van der Waals surface area contributed by atoms with Crippen LogP contribution in [-0.4, -0.2) is 6.61 Å². The molecule has 86 valence electrons. The predicted octanol–water partition coefficient (Wildman–Crippen LogP) is 3.37. The van der Waals surface area contributed by atoms with Gasteiger partial charge in [0.1, 0.15) is 5.76 Å². The summed E-state index contributed by atoms with van der Waals surface area (Å²) in [4.78, 5) is 0. The van der Waals surface area contributed by atoms with Gasteiger partial charge in [-0.2, -0.15) is 0 Å². The van der Waals surface area contributed by atoms with E-state index in [0.717, 1.165) is 28.8 Å². The van der Waals surface area contributed by atoms with Crippen molar-refractivity contribution in [1.82, 2.24) is 0 Å². The van der Waals surface area contributed by atoms with E-state index in [2.05, 4.69) is 48.0 Å². The molecule has 0 fully saturated rings. The Morgan fingerprint density at radius 3 is 2.44 bits per heavy atom. The van der Waals surface area contributed by atoms with E-state index in [1.807, 2.05) is 0 Å². The van der Waals surface area contributed by atoms with Crippen LogP contribution in [0.4, 0.5) is 0 Å². The van der Waals surface area contributed by atoms with Crippen LogP contribution in [0.2, 0.25) is 0 Å². The second kappa shape index (κ2) is 4.60. The first kappa shape index (κ1) is 11.7. The number of benzene rings is 1. The van der Waals surface area contributed by atoms with Gasteiger partial charge < -0.3 is 10.5 Å². The zero-order valence-electron chi connectivity index (χ0n) is 9.59. The first-order chi connectivity index (χ1) is 7.59. The van der Waals surface area contributed by atoms with Gasteiger partial charge in [0.25, 0.3) is 0 Å². The Morgan fingerprint density at radius 1 is 1.31 bits per heavy atom. The van der Waals surface area contributed by atoms with Crippen molar-refractivity contribution < 1.29 is 4.74 Å². The average Bonchev–Trinajstić information content (AvgIpc) is 2.77. The third-order valence-electron chi connectivity index (χ3n) is 2.86. The molecule has 3 heteroatoms. The van der Waals surface area contributed by atoms with Crippen LogP contribution in [0.1, 0.15) is 29.2 Å². The van der Waals surface area contributed by atoms with E-state index in [-0.39, 0.29) is 6.04 Å². The summed E-state index contributed by atoms with van der Waals surface area (Å²) in [7, 11) is 0. The van der Waals surface area contributed by atoms with Crippen LogP contribution in [-0.2, 0) is 4.74 Å². The van der Waals surface area contributed by atoms with E-state index >= 15 is 0 Å². The van der Waals surface area contributed by atoms with Gasteiger partial charge in [0.05, 0.1) is 12.6 Å². The van der Waals surface area contributed by atoms with E-state index in [1.165, 1.54) is 11.1 Å². The number of hydrogen-bond acceptors (Lipinski definition) is 2. The molecule has 2 rings (SSSR count). The summed E-state index contributed by atoms with van der Waals surface area (Å²) in [5.41, 5.74) is 9.72. The van der Waals surface area contributed by atoms with Crippen LogP contribution in [0.15, 0.2) is 28.4 Å². The predicted molar refractivity (Wildman–Crippen MR) is 69.2 cm³/mol. The number of halogens is 1. The molecule has 0 saturated heterocycles. The maximum atomic E-state index is 6.18. The second-order valence-electron chi connectivity index (χ2n) is 4.19. The summed E-state index contributed by atoms with van der Waals surface area (Å²) in [6, 6.07) is 4.10. The van der Waals surface area contributed by atoms with Gasteiger partial charge in [0.2, 0.25) is 0 Å². The molecule has 1 atom stereocenters. The van der Waals surface area contributed by atoms with Gasteiger partial charge in [-0.05, 0) is 36.6 Å². The molecule has 1 heterocycles. The fourth-order valence-electron chi connectivity index (χ4n) is 1.98. The Labute approximate surface area is 105 Å². The number of hydrogen-bond donors (Lipinski definition) is 1. The van der Waals surface area contributed by atoms with Gasteiger partial charge in [-0.1, -0.05) is 28.1 Å². The van der Waals surface area contributed by atoms with E-state index in [4.69, 9.17) is 10.5 Å². The number of ether oxygens (including phenoxy) is 1. The van der Waals surface area contributed by atoms with Crippen molar-refractivity contribution in [3.8, 4) is 0 Å². The first-order valence-corrected chi connectivity index (χ1v) is 6.24. The molecule has 0 aromatic heterocycles. The van der Waals surface area contributed by atoms with Crippen molar-refractivity contribution in [3.63, 3.8) is 0 Å². The quantitative estimate of drug-likeness (QED) is 0.902. The molecule has 1 unspecified atom stereocenters. The van der Waals surface area contributed by atoms with Gasteiger partial charge in [-0.15, -0.1) is 0 Å². The lowest BCUT2D eigenvalue weighted by molar-refractivity contribution is 0.225. The monoisotopic (exact) mass is 281 g/mol. The Kier molecular flexibility index (Phi) is 3.36. The van der Waals surface area contributed by atoms with Crippen molar-refractivity contribution in [2.24, 2.45) is 5.73 Å². The molecule has 0 saturated carbocycles. The molecule has 0 radical (unpaired) electrons. The molecule has 1 aliphatic rings. The highest BCUT2D eigenvalue weighted by Gasteiger charge is 2.17. The molecule has 1 aromatic carbocycles. The Hall–Kier alpha value is -0.800. The second-order valence-corrected chi connectivity index (χ2v) is 4.98. The molecular weight excluding hydrogens is 266 g/mol. The van der Waals surface area contributed by atoms with Gasteiger partial charge in [0.15, 0.2) is 0 Å². The number of nitrogens with two attached hydrogens (primary N) is 1. The van der Waals surface area contributed by atoms with Crippen molar-refractivity contribution in [1.29, 1.82) is 0 Å². The Bertz CT molecular complexity index is 417. The van der Waals surface area contributed by atoms with Crippen molar-refractivity contribution >= 4 is 15.9 Å². The Morgan fingerprint density at radius 2 is 1.94 bits per heavy atom. The smallest absolute Gasteiger partial charge is 0.113 e. The van der Waals surface area contributed by atoms with Crippen molar-refractivity contribution in [3.05, 3.63) is 45.1 Å². The third-order valence-corrected chi connectivity index (χ3v) is 4.11. The summed E-state index contributed by atoms with van der Waals surface area (Å²) in [5.74, 6) is 0.904. The van der Waals surface area contributed by atoms with E-state index < -0.39 is 0 Å². The molecule has 0 spiro atoms. The first-order valence-electron chi connectivity index (χ1n) is 5.44. The zero-order chi connectivity index (χ0) is 11.7. The van der Waals surface area contributed by atoms with Crippen LogP contribution in [0.25, 0.3) is 0 Å². The van der Waals surface area contributed by atoms with E-state index in [9.17, 15) is 0 Å². The summed E-state index contributed by atoms with van der Waals surface area (Å²) >= 11 is 3.56. The molecular formula is C13H16BrNO. The molecule has 16 heavy (non-hydrogen) atoms. The minimum Gasteiger partial charge on any atom is -0.496 e. The summed E-state index contributed by atoms with van der Waals surface area (Å²) in [5, 5.41) is 0. The van der Waals surface area contributed by atoms with Gasteiger partial charge in [-0.25, -0.2) is 0 Å². The van der Waals surface area contributed by atoms with Crippen LogP contribution in [0, 0.1) is 13.8 Å². The van der Waals surface area contributed by atoms with Crippen molar-refractivity contribution in [2.75, 3.05) is 6.61 Å². The highest BCUT2D eigenvalue weighted by Crippen LogP contribution is 2.29. The minimum absolute atomic E-state index is 0.131. The lowest BCUT2D eigenvalue weighted by atomic mass is 10.0. The van der Waals surface area contributed by atoms with Gasteiger partial charge in [0, 0.05) is 10.9 Å². The molecule has 1 aromatic rings. The largest absolute Gasteiger partial charge is 0.496 e. The molecule has 0 bridgehead atoms. The maximum absolute atomic E-state index is 6.18. The highest BCUT2D eigenvalue weighted by molar-refractivity contribution is 9.10. The molecule has 1 aliphatic heterocycles. The minimum atomic E-state index is -0.131. The SMILES string of the molecule is Cc1cc(C(N)C2=CCCO2)cc(C)c1Br. The zero-order valence-corrected chi connectivity index (χ0v) is 11.2. The van der Waals surface area contributed by atoms with E-state index in [0.29, 0.717) is 0 Å². The number of rotatable bonds is 2. The lowest BCUT2D eigenvalue weighted by Gasteiger charge is -2.16. The van der Waals surface area contributed by atoms with Crippen LogP contribution in [0.5, 0.6) is 0 Å². The Balaban J connectivity index is 2.33. The summed E-state index contributed by atoms with van der Waals surface area (Å²) in [6.45, 7) is 4.92. The van der Waals surface area contributed by atoms with E-state index in [1.54, 1.807) is 0 Å². The fraction of sp³-hybridized carbons (Fsp3) is 0.385. The average molecular weight is 282 g/mol. The summed E-state index contributed by atoms with van der Waals surface area (Å²) < 4.78 is 6.66. The van der Waals surface area contributed by atoms with Crippen LogP contribution < -0.4 is 5.73 Å². The standard InChI is InChI=1S/C13H16BrNO/c1-8-6-10(7-9(2)12(8)14)13(15)11-4-3-5-16-11/h4,6-7,13H,3,5,15H2,1-2H3. The lowest BCUT2D eigenvalue weighted by Crippen LogP contribution is -2.14.